The molecule has 9 rings (SSSR count). The molecule has 0 bridgehead atoms. The first kappa shape index (κ1) is 54.7. The Morgan fingerprint density at radius 1 is 0.831 bits per heavy atom. The summed E-state index contributed by atoms with van der Waals surface area (Å²) in [7, 11) is 1.41. The summed E-state index contributed by atoms with van der Waals surface area (Å²) in [5.74, 6) is -0.0380. The molecule has 4 amide bonds. The number of hydroxylamine groups is 1. The summed E-state index contributed by atoms with van der Waals surface area (Å²) in [6.45, 7) is 7.46. The van der Waals surface area contributed by atoms with Crippen molar-refractivity contribution in [1.29, 1.82) is 0 Å². The lowest BCUT2D eigenvalue weighted by molar-refractivity contribution is -0.131. The monoisotopic (exact) mass is 1040 g/mol. The van der Waals surface area contributed by atoms with Gasteiger partial charge in [0, 0.05) is 102 Å². The molecule has 4 heterocycles. The van der Waals surface area contributed by atoms with Gasteiger partial charge in [0.25, 0.3) is 11.8 Å². The van der Waals surface area contributed by atoms with Crippen molar-refractivity contribution in [1.82, 2.24) is 15.7 Å². The van der Waals surface area contributed by atoms with Gasteiger partial charge in [0.15, 0.2) is 0 Å². The lowest BCUT2D eigenvalue weighted by Crippen LogP contribution is -2.41. The van der Waals surface area contributed by atoms with Gasteiger partial charge in [-0.25, -0.2) is 10.3 Å². The summed E-state index contributed by atoms with van der Waals surface area (Å²) in [6, 6.07) is 16.3. The Bertz CT molecular complexity index is 3010. The number of hydrogen-bond acceptors (Lipinski definition) is 9. The minimum atomic E-state index is -1.09. The molecule has 4 aromatic carbocycles. The number of benzene rings is 4. The number of nitrogens with zero attached hydrogens (tertiary/aromatic N) is 3. The average molecular weight is 1050 g/mol. The van der Waals surface area contributed by atoms with Crippen LogP contribution in [0.15, 0.2) is 84.4 Å². The van der Waals surface area contributed by atoms with Crippen LogP contribution in [0, 0.1) is 5.92 Å². The van der Waals surface area contributed by atoms with E-state index in [9.17, 15) is 29.1 Å². The summed E-state index contributed by atoms with van der Waals surface area (Å²) in [5.41, 5.74) is 11.6. The Labute approximate surface area is 453 Å². The lowest BCUT2D eigenvalue weighted by Gasteiger charge is -2.35. The maximum Gasteiger partial charge on any atom is 0.336 e. The number of allylic oxidation sites excluding steroid dienone is 2. The molecular formula is C63H76N6O8. The van der Waals surface area contributed by atoms with E-state index >= 15 is 0 Å². The van der Waals surface area contributed by atoms with Crippen molar-refractivity contribution in [3.05, 3.63) is 140 Å². The lowest BCUT2D eigenvalue weighted by atomic mass is 9.82. The highest BCUT2D eigenvalue weighted by atomic mass is 16.6. The highest BCUT2D eigenvalue weighted by Gasteiger charge is 2.34. The summed E-state index contributed by atoms with van der Waals surface area (Å²) in [6.07, 6.45) is 24.8. The Kier molecular flexibility index (Phi) is 18.7. The minimum absolute atomic E-state index is 0.0963. The molecule has 1 aliphatic carbocycles. The Morgan fingerprint density at radius 3 is 2.36 bits per heavy atom. The molecule has 406 valence electrons. The minimum Gasteiger partial charge on any atom is -0.478 e. The van der Waals surface area contributed by atoms with Crippen molar-refractivity contribution < 1.29 is 38.7 Å². The van der Waals surface area contributed by atoms with Gasteiger partial charge in [-0.15, -0.1) is 6.58 Å². The van der Waals surface area contributed by atoms with Crippen molar-refractivity contribution in [3.8, 4) is 11.5 Å². The molecule has 14 heteroatoms. The molecule has 0 saturated heterocycles. The topological polar surface area (TPSA) is 179 Å². The molecule has 77 heavy (non-hydrogen) atoms. The van der Waals surface area contributed by atoms with E-state index in [4.69, 9.17) is 9.73 Å². The van der Waals surface area contributed by atoms with Crippen molar-refractivity contribution in [2.75, 3.05) is 56.6 Å². The highest BCUT2D eigenvalue weighted by Crippen LogP contribution is 2.48. The fraction of sp³-hybridized carbons (Fsp3) is 0.460. The number of anilines is 2. The number of aromatic carboxylic acids is 1. The Morgan fingerprint density at radius 2 is 1.60 bits per heavy atom. The van der Waals surface area contributed by atoms with Crippen LogP contribution in [-0.4, -0.2) is 86.0 Å². The van der Waals surface area contributed by atoms with E-state index in [0.717, 1.165) is 172 Å². The zero-order chi connectivity index (χ0) is 53.7. The quantitative estimate of drug-likeness (QED) is 0.0215. The van der Waals surface area contributed by atoms with Crippen LogP contribution < -0.4 is 36.3 Å². The molecule has 0 unspecified atom stereocenters. The largest absolute Gasteiger partial charge is 0.478 e. The van der Waals surface area contributed by atoms with Gasteiger partial charge in [-0.1, -0.05) is 56.8 Å². The third-order valence-corrected chi connectivity index (χ3v) is 15.9. The van der Waals surface area contributed by atoms with Gasteiger partial charge < -0.3 is 30.3 Å². The second-order valence-corrected chi connectivity index (χ2v) is 21.4. The summed E-state index contributed by atoms with van der Waals surface area (Å²) in [4.78, 5) is 80.8. The van der Waals surface area contributed by atoms with E-state index < -0.39 is 5.97 Å². The van der Waals surface area contributed by atoms with Gasteiger partial charge in [-0.05, 0) is 161 Å². The number of unbranched alkanes of at least 4 members (excludes halogenated alkanes) is 5. The number of carbonyl (C=O) groups is 5. The van der Waals surface area contributed by atoms with Crippen LogP contribution in [0.25, 0.3) is 5.57 Å². The zero-order valence-corrected chi connectivity index (χ0v) is 45.0. The molecular weight excluding hydrogens is 969 g/mol. The molecule has 14 nitrogen and oxygen atoms in total. The smallest absolute Gasteiger partial charge is 0.336 e. The first-order valence-corrected chi connectivity index (χ1v) is 28.4. The number of aryl methyl sites for hydroxylation is 1. The number of hydrogen-bond donors (Lipinski definition) is 4. The first-order valence-electron chi connectivity index (χ1n) is 28.4. The Hall–Kier alpha value is -7.06. The number of nitrogens with one attached hydrogen (secondary N) is 3. The number of carbonyl (C=O) groups excluding carboxylic acids is 4. The average Bonchev–Trinajstić information content (AvgIpc) is 3.93. The molecule has 0 spiro atoms. The molecule has 5 aliphatic rings. The van der Waals surface area contributed by atoms with Crippen molar-refractivity contribution in [3.63, 3.8) is 0 Å². The number of amides is 4. The van der Waals surface area contributed by atoms with Crippen LogP contribution >= 0.6 is 0 Å². The second kappa shape index (κ2) is 26.3. The van der Waals surface area contributed by atoms with Crippen LogP contribution in [0.5, 0.6) is 11.5 Å². The third kappa shape index (κ3) is 13.2. The summed E-state index contributed by atoms with van der Waals surface area (Å²) >= 11 is 0. The zero-order valence-electron chi connectivity index (χ0n) is 45.0. The molecule has 0 radical (unpaired) electrons. The van der Waals surface area contributed by atoms with E-state index in [-0.39, 0.29) is 42.3 Å². The van der Waals surface area contributed by atoms with E-state index in [2.05, 4.69) is 56.7 Å². The standard InChI is InChI=1S/C63H76N6O8/c1-3-4-5-12-21-44-38-52-56(53-39-45-22-15-16-35-68-36-18-24-50(58(45)68)60(53)77-59(52)49-23-17-33-64-57(44)49)51-40-46(29-32-48(51)63(74)75)61(72)65-34-37-69(41-42-19-10-6-7-11-20-42)62(73)43-27-30-47(31-28-43)66-54(70)25-13-8-9-14-26-55(71)67-76-2/h3,15-16,27-32,38-40,42H,1,4-14,17-26,33-37,41H2,2H3,(H,65,72)(H,66,70)(H,67,71)(H,74,75). The molecule has 4 aromatic rings. The maximum absolute atomic E-state index is 14.5. The fourth-order valence-electron chi connectivity index (χ4n) is 12.1. The number of carboxylic acid groups (broad SMARTS) is 1. The number of rotatable bonds is 23. The van der Waals surface area contributed by atoms with Crippen molar-refractivity contribution in [2.24, 2.45) is 10.9 Å². The van der Waals surface area contributed by atoms with Gasteiger partial charge in [-0.2, -0.15) is 0 Å². The predicted molar refractivity (Wildman–Crippen MR) is 300 cm³/mol. The van der Waals surface area contributed by atoms with Crippen LogP contribution in [0.1, 0.15) is 174 Å². The van der Waals surface area contributed by atoms with Gasteiger partial charge in [0.1, 0.15) is 11.5 Å². The van der Waals surface area contributed by atoms with Crippen LogP contribution in [0.2, 0.25) is 0 Å². The molecule has 0 aromatic heterocycles. The van der Waals surface area contributed by atoms with Gasteiger partial charge >= 0.3 is 5.97 Å². The van der Waals surface area contributed by atoms with E-state index in [1.807, 2.05) is 11.0 Å². The van der Waals surface area contributed by atoms with E-state index in [1.54, 1.807) is 42.5 Å². The fourth-order valence-corrected chi connectivity index (χ4v) is 12.1. The summed E-state index contributed by atoms with van der Waals surface area (Å²) in [5, 5.41) is 18.9. The predicted octanol–water partition coefficient (Wildman–Crippen LogP) is 9.87. The van der Waals surface area contributed by atoms with E-state index in [1.165, 1.54) is 31.2 Å². The molecule has 4 N–H and O–H groups in total. The highest BCUT2D eigenvalue weighted by molar-refractivity contribution is 6.03. The number of carboxylic acids is 1. The summed E-state index contributed by atoms with van der Waals surface area (Å²) < 4.78 is 7.23. The molecule has 1 fully saturated rings. The van der Waals surface area contributed by atoms with Crippen LogP contribution in [0.3, 0.4) is 0 Å². The Balaban J connectivity index is 0.984. The SMILES string of the molecule is C=CCCCCc1cc2c(c3c1=NCCC3)Oc1c(cc3c4c1CCCN4CC=CC3)C=2c1cc(C(=O)NCCN(CC2CCCCCC2)C(=O)c2ccc(NC(=O)CCCCCCC(=O)NOC)cc2)ccc1C(=O)O. The molecule has 1 saturated carbocycles. The van der Waals surface area contributed by atoms with Gasteiger partial charge in [0.05, 0.1) is 18.0 Å². The van der Waals surface area contributed by atoms with Crippen LogP contribution in [0.4, 0.5) is 11.4 Å². The number of fused-ring (bicyclic) bond motifs is 5. The van der Waals surface area contributed by atoms with Crippen molar-refractivity contribution >= 4 is 46.5 Å². The maximum atomic E-state index is 14.5. The van der Waals surface area contributed by atoms with Crippen LogP contribution in [-0.2, 0) is 40.1 Å². The second-order valence-electron chi connectivity index (χ2n) is 21.4. The van der Waals surface area contributed by atoms with E-state index in [0.29, 0.717) is 54.1 Å². The third-order valence-electron chi connectivity index (χ3n) is 15.9. The number of ether oxygens (including phenoxy) is 1. The molecule has 0 atom stereocenters. The van der Waals surface area contributed by atoms with Gasteiger partial charge in [-0.3, -0.25) is 29.0 Å². The first-order chi connectivity index (χ1) is 37.6. The molecule has 4 aliphatic heterocycles. The van der Waals surface area contributed by atoms with Crippen molar-refractivity contribution in [2.45, 2.75) is 135 Å². The van der Waals surface area contributed by atoms with Gasteiger partial charge in [0.2, 0.25) is 11.8 Å². The normalized spacial score (nSPS) is 15.5.